The third kappa shape index (κ3) is 5.58. The highest BCUT2D eigenvalue weighted by molar-refractivity contribution is 8.26. The third-order valence-corrected chi connectivity index (χ3v) is 6.15. The van der Waals surface area contributed by atoms with Crippen molar-refractivity contribution >= 4 is 43.9 Å². The van der Waals surface area contributed by atoms with Crippen molar-refractivity contribution in [2.45, 2.75) is 38.3 Å². The van der Waals surface area contributed by atoms with Crippen LogP contribution in [0.15, 0.2) is 23.2 Å². The maximum atomic E-state index is 13.7. The number of thioether (sulfide) groups is 1. The molecule has 0 saturated heterocycles. The van der Waals surface area contributed by atoms with Crippen molar-refractivity contribution in [2.24, 2.45) is 15.9 Å². The second kappa shape index (κ2) is 9.03. The fourth-order valence-corrected chi connectivity index (χ4v) is 4.07. The van der Waals surface area contributed by atoms with Crippen molar-refractivity contribution in [1.82, 2.24) is 4.98 Å². The van der Waals surface area contributed by atoms with Crippen LogP contribution in [-0.4, -0.2) is 31.7 Å². The molecule has 11 heteroatoms. The highest BCUT2D eigenvalue weighted by atomic mass is 32.2. The summed E-state index contributed by atoms with van der Waals surface area (Å²) in [4.78, 5) is 8.22. The Kier molecular flexibility index (Phi) is 6.83. The molecule has 1 aromatic carbocycles. The first-order chi connectivity index (χ1) is 14.1. The number of hydrogen-bond acceptors (Lipinski definition) is 5. The molecule has 1 aliphatic carbocycles. The summed E-state index contributed by atoms with van der Waals surface area (Å²) in [5.41, 5.74) is 6.27. The first-order valence-electron chi connectivity index (χ1n) is 9.28. The van der Waals surface area contributed by atoms with Gasteiger partial charge in [-0.3, -0.25) is 15.5 Å². The number of aromatic nitrogens is 1. The molecule has 1 heterocycles. The number of nitrogens with two attached hydrogens (primary N) is 2. The predicted molar refractivity (Wildman–Crippen MR) is 116 cm³/mol. The van der Waals surface area contributed by atoms with Gasteiger partial charge in [0.15, 0.2) is 5.17 Å². The minimum absolute atomic E-state index is 0.0856. The molecule has 1 atom stereocenters. The number of fused-ring (bicyclic) bond motifs is 1. The minimum atomic E-state index is -4.54. The standard InChI is InChI=1S/C19H22F3N5OS2/c1-10-7-15(17(23)29-18(24)26-5-2-6-30(25)28)27-16-13(10)8-12(11-3-4-11)9-14(16)19(20,21)22/h7-9,11,23H,2-6,25H2,1H3,(H2,24,26). The Morgan fingerprint density at radius 3 is 2.67 bits per heavy atom. The molecule has 3 rings (SSSR count). The van der Waals surface area contributed by atoms with Crippen LogP contribution in [0.5, 0.6) is 0 Å². The molecule has 1 fully saturated rings. The Morgan fingerprint density at radius 2 is 2.07 bits per heavy atom. The van der Waals surface area contributed by atoms with Crippen molar-refractivity contribution in [3.63, 3.8) is 0 Å². The normalized spacial score (nSPS) is 16.1. The SMILES string of the molecule is Cc1cc(C(=N)SC(N)=NCCCS(N)=O)nc2c(C(F)(F)F)cc(C3CC3)cc12. The van der Waals surface area contributed by atoms with Gasteiger partial charge in [0.25, 0.3) is 0 Å². The second-order valence-electron chi connectivity index (χ2n) is 7.15. The first kappa shape index (κ1) is 22.7. The Morgan fingerprint density at radius 1 is 1.37 bits per heavy atom. The van der Waals surface area contributed by atoms with Gasteiger partial charge < -0.3 is 5.73 Å². The molecule has 5 N–H and O–H groups in total. The van der Waals surface area contributed by atoms with Crippen molar-refractivity contribution in [3.05, 3.63) is 40.6 Å². The maximum absolute atomic E-state index is 13.7. The average molecular weight is 458 g/mol. The largest absolute Gasteiger partial charge is 0.418 e. The number of hydrogen-bond donors (Lipinski definition) is 3. The predicted octanol–water partition coefficient (Wildman–Crippen LogP) is 3.83. The van der Waals surface area contributed by atoms with Gasteiger partial charge in [0.2, 0.25) is 0 Å². The number of halogens is 3. The van der Waals surface area contributed by atoms with E-state index in [9.17, 15) is 17.4 Å². The summed E-state index contributed by atoms with van der Waals surface area (Å²) in [6, 6.07) is 4.56. The highest BCUT2D eigenvalue weighted by Crippen LogP contribution is 2.44. The van der Waals surface area contributed by atoms with Crippen LogP contribution < -0.4 is 10.9 Å². The first-order valence-corrected chi connectivity index (χ1v) is 11.5. The van der Waals surface area contributed by atoms with Crippen LogP contribution in [0.2, 0.25) is 0 Å². The number of nitrogens with zero attached hydrogens (tertiary/aromatic N) is 2. The van der Waals surface area contributed by atoms with E-state index >= 15 is 0 Å². The fourth-order valence-electron chi connectivity index (χ4n) is 3.08. The minimum Gasteiger partial charge on any atom is -0.378 e. The monoisotopic (exact) mass is 457 g/mol. The average Bonchev–Trinajstić information content (AvgIpc) is 3.48. The lowest BCUT2D eigenvalue weighted by Gasteiger charge is -2.15. The molecule has 0 spiro atoms. The lowest BCUT2D eigenvalue weighted by molar-refractivity contribution is -0.136. The number of alkyl halides is 3. The van der Waals surface area contributed by atoms with Crippen molar-refractivity contribution in [2.75, 3.05) is 12.3 Å². The summed E-state index contributed by atoms with van der Waals surface area (Å²) in [5, 5.41) is 13.8. The smallest absolute Gasteiger partial charge is 0.378 e. The van der Waals surface area contributed by atoms with Gasteiger partial charge in [-0.1, -0.05) is 0 Å². The van der Waals surface area contributed by atoms with Crippen LogP contribution >= 0.6 is 11.8 Å². The lowest BCUT2D eigenvalue weighted by Crippen LogP contribution is -2.14. The molecule has 1 aliphatic rings. The number of nitrogens with one attached hydrogen (secondary N) is 1. The Balaban J connectivity index is 1.89. The number of aliphatic imine (C=N–C) groups is 1. The van der Waals surface area contributed by atoms with Gasteiger partial charge in [-0.25, -0.2) is 9.19 Å². The molecule has 162 valence electrons. The number of aryl methyl sites for hydroxylation is 1. The molecule has 0 aliphatic heterocycles. The van der Waals surface area contributed by atoms with E-state index in [1.165, 1.54) is 6.07 Å². The third-order valence-electron chi connectivity index (χ3n) is 4.71. The molecule has 0 bridgehead atoms. The zero-order valence-electron chi connectivity index (χ0n) is 16.3. The van der Waals surface area contributed by atoms with Gasteiger partial charge in [0, 0.05) is 17.7 Å². The lowest BCUT2D eigenvalue weighted by atomic mass is 9.98. The Bertz CT molecular complexity index is 1030. The molecule has 0 amide bonds. The summed E-state index contributed by atoms with van der Waals surface area (Å²) >= 11 is 0.820. The van der Waals surface area contributed by atoms with E-state index < -0.39 is 22.7 Å². The maximum Gasteiger partial charge on any atom is 0.418 e. The van der Waals surface area contributed by atoms with Gasteiger partial charge in [0.1, 0.15) is 5.04 Å². The van der Waals surface area contributed by atoms with Crippen molar-refractivity contribution in [1.29, 1.82) is 5.41 Å². The molecular weight excluding hydrogens is 435 g/mol. The van der Waals surface area contributed by atoms with Gasteiger partial charge in [0.05, 0.1) is 27.8 Å². The zero-order valence-corrected chi connectivity index (χ0v) is 17.9. The van der Waals surface area contributed by atoms with Crippen molar-refractivity contribution < 1.29 is 17.4 Å². The Labute approximate surface area is 178 Å². The van der Waals surface area contributed by atoms with E-state index in [1.807, 2.05) is 0 Å². The topological polar surface area (TPSA) is 118 Å². The second-order valence-corrected chi connectivity index (χ2v) is 9.35. The number of pyridine rings is 1. The summed E-state index contributed by atoms with van der Waals surface area (Å²) in [5.74, 6) is 0.462. The van der Waals surface area contributed by atoms with Crippen LogP contribution in [0.25, 0.3) is 10.9 Å². The van der Waals surface area contributed by atoms with E-state index in [4.69, 9.17) is 16.3 Å². The molecule has 1 saturated carbocycles. The van der Waals surface area contributed by atoms with E-state index in [2.05, 4.69) is 9.98 Å². The van der Waals surface area contributed by atoms with Crippen LogP contribution in [0.1, 0.15) is 47.6 Å². The van der Waals surface area contributed by atoms with Crippen LogP contribution in [0.3, 0.4) is 0 Å². The summed E-state index contributed by atoms with van der Waals surface area (Å²) in [6.45, 7) is 2.01. The molecule has 6 nitrogen and oxygen atoms in total. The van der Waals surface area contributed by atoms with Gasteiger partial charge >= 0.3 is 6.18 Å². The van der Waals surface area contributed by atoms with E-state index in [-0.39, 0.29) is 33.1 Å². The van der Waals surface area contributed by atoms with E-state index in [0.717, 1.165) is 24.6 Å². The molecule has 1 unspecified atom stereocenters. The van der Waals surface area contributed by atoms with Crippen LogP contribution in [0.4, 0.5) is 13.2 Å². The van der Waals surface area contributed by atoms with Gasteiger partial charge in [-0.15, -0.1) is 0 Å². The molecule has 1 aromatic heterocycles. The van der Waals surface area contributed by atoms with E-state index in [1.54, 1.807) is 19.1 Å². The van der Waals surface area contributed by atoms with Gasteiger partial charge in [-0.2, -0.15) is 13.2 Å². The zero-order chi connectivity index (χ0) is 22.1. The summed E-state index contributed by atoms with van der Waals surface area (Å²) in [6.07, 6.45) is -2.27. The Hall–Kier alpha value is -1.98. The van der Waals surface area contributed by atoms with Crippen LogP contribution in [0, 0.1) is 12.3 Å². The fraction of sp³-hybridized carbons (Fsp3) is 0.421. The molecule has 30 heavy (non-hydrogen) atoms. The number of benzene rings is 1. The summed E-state index contributed by atoms with van der Waals surface area (Å²) < 4.78 is 52.0. The number of amidine groups is 1. The molecule has 2 aromatic rings. The molecule has 0 radical (unpaired) electrons. The highest BCUT2D eigenvalue weighted by Gasteiger charge is 2.36. The van der Waals surface area contributed by atoms with Crippen molar-refractivity contribution in [3.8, 4) is 0 Å². The van der Waals surface area contributed by atoms with E-state index in [0.29, 0.717) is 29.5 Å². The number of rotatable bonds is 6. The van der Waals surface area contributed by atoms with Crippen LogP contribution in [-0.2, 0) is 17.2 Å². The summed E-state index contributed by atoms with van der Waals surface area (Å²) in [7, 11) is -1.41. The quantitative estimate of drug-likeness (QED) is 0.347. The van der Waals surface area contributed by atoms with Gasteiger partial charge in [-0.05, 0) is 73.2 Å². The molecular formula is C19H22F3N5OS2.